The van der Waals surface area contributed by atoms with Crippen molar-refractivity contribution in [2.75, 3.05) is 13.1 Å². The van der Waals surface area contributed by atoms with Crippen LogP contribution >= 0.6 is 0 Å². The van der Waals surface area contributed by atoms with Crippen LogP contribution in [0.4, 0.5) is 0 Å². The fraction of sp³-hybridized carbons (Fsp3) is 0.462. The quantitative estimate of drug-likeness (QED) is 0.828. The van der Waals surface area contributed by atoms with Crippen molar-refractivity contribution in [1.29, 1.82) is 0 Å². The van der Waals surface area contributed by atoms with Gasteiger partial charge in [0.25, 0.3) is 0 Å². The maximum absolute atomic E-state index is 12.1. The van der Waals surface area contributed by atoms with E-state index in [0.29, 0.717) is 13.0 Å². The van der Waals surface area contributed by atoms with Crippen molar-refractivity contribution < 1.29 is 4.79 Å². The fourth-order valence-electron chi connectivity index (χ4n) is 2.28. The Balaban J connectivity index is 1.98. The fourth-order valence-corrected chi connectivity index (χ4v) is 2.28. The molecule has 1 saturated heterocycles. The first-order valence-corrected chi connectivity index (χ1v) is 5.84. The molecule has 2 N–H and O–H groups in total. The summed E-state index contributed by atoms with van der Waals surface area (Å²) < 4.78 is 0. The van der Waals surface area contributed by atoms with E-state index in [9.17, 15) is 4.79 Å². The van der Waals surface area contributed by atoms with Gasteiger partial charge in [0.1, 0.15) is 0 Å². The van der Waals surface area contributed by atoms with Gasteiger partial charge in [-0.05, 0) is 18.4 Å². The molecular weight excluding hydrogens is 200 g/mol. The van der Waals surface area contributed by atoms with E-state index in [0.717, 1.165) is 24.9 Å². The van der Waals surface area contributed by atoms with Crippen LogP contribution in [0.15, 0.2) is 30.3 Å². The maximum atomic E-state index is 12.1. The summed E-state index contributed by atoms with van der Waals surface area (Å²) in [5.41, 5.74) is 6.74. The van der Waals surface area contributed by atoms with Crippen molar-refractivity contribution in [2.24, 2.45) is 5.73 Å². The van der Waals surface area contributed by atoms with Gasteiger partial charge in [-0.15, -0.1) is 0 Å². The van der Waals surface area contributed by atoms with E-state index >= 15 is 0 Å². The van der Waals surface area contributed by atoms with Gasteiger partial charge >= 0.3 is 0 Å². The summed E-state index contributed by atoms with van der Waals surface area (Å²) in [6.45, 7) is 1.45. The number of nitrogens with zero attached hydrogens (tertiary/aromatic N) is 1. The zero-order chi connectivity index (χ0) is 11.4. The largest absolute Gasteiger partial charge is 0.338 e. The number of rotatable bonds is 3. The Morgan fingerprint density at radius 1 is 1.38 bits per heavy atom. The zero-order valence-corrected chi connectivity index (χ0v) is 9.43. The Morgan fingerprint density at radius 3 is 2.81 bits per heavy atom. The minimum Gasteiger partial charge on any atom is -0.338 e. The Hall–Kier alpha value is -1.35. The van der Waals surface area contributed by atoms with Crippen LogP contribution < -0.4 is 5.73 Å². The van der Waals surface area contributed by atoms with Gasteiger partial charge in [-0.1, -0.05) is 30.3 Å². The van der Waals surface area contributed by atoms with Gasteiger partial charge < -0.3 is 10.6 Å². The van der Waals surface area contributed by atoms with Gasteiger partial charge in [-0.3, -0.25) is 4.79 Å². The Morgan fingerprint density at radius 2 is 2.12 bits per heavy atom. The standard InChI is InChI=1S/C13H18N2O/c14-10-12-7-4-8-15(12)13(16)9-11-5-2-1-3-6-11/h1-3,5-6,12H,4,7-10,14H2/t12-/m0/s1. The number of carbonyl (C=O) groups excluding carboxylic acids is 1. The topological polar surface area (TPSA) is 46.3 Å². The second-order valence-electron chi connectivity index (χ2n) is 4.28. The molecule has 1 aliphatic rings. The average Bonchev–Trinajstić information content (AvgIpc) is 2.78. The number of hydrogen-bond acceptors (Lipinski definition) is 2. The van der Waals surface area contributed by atoms with Crippen LogP contribution in [-0.2, 0) is 11.2 Å². The minimum atomic E-state index is 0.208. The van der Waals surface area contributed by atoms with Crippen LogP contribution in [0.25, 0.3) is 0 Å². The summed E-state index contributed by atoms with van der Waals surface area (Å²) >= 11 is 0. The second-order valence-corrected chi connectivity index (χ2v) is 4.28. The van der Waals surface area contributed by atoms with Gasteiger partial charge in [-0.25, -0.2) is 0 Å². The molecule has 0 radical (unpaired) electrons. The molecule has 0 bridgehead atoms. The molecule has 0 aromatic heterocycles. The minimum absolute atomic E-state index is 0.208. The van der Waals surface area contributed by atoms with Crippen LogP contribution in [0.2, 0.25) is 0 Å². The molecule has 1 heterocycles. The molecular formula is C13H18N2O. The summed E-state index contributed by atoms with van der Waals surface area (Å²) in [6, 6.07) is 10.1. The SMILES string of the molecule is NC[C@@H]1CCCN1C(=O)Cc1ccccc1. The Kier molecular flexibility index (Phi) is 3.57. The number of amides is 1. The zero-order valence-electron chi connectivity index (χ0n) is 9.43. The molecule has 3 nitrogen and oxygen atoms in total. The molecule has 3 heteroatoms. The number of benzene rings is 1. The van der Waals surface area contributed by atoms with Gasteiger partial charge in [-0.2, -0.15) is 0 Å². The number of carbonyl (C=O) groups is 1. The molecule has 1 atom stereocenters. The van der Waals surface area contributed by atoms with E-state index in [-0.39, 0.29) is 11.9 Å². The van der Waals surface area contributed by atoms with Crippen LogP contribution in [0.5, 0.6) is 0 Å². The monoisotopic (exact) mass is 218 g/mol. The summed E-state index contributed by atoms with van der Waals surface area (Å²) in [7, 11) is 0. The van der Waals surface area contributed by atoms with E-state index in [1.165, 1.54) is 0 Å². The van der Waals surface area contributed by atoms with E-state index in [1.54, 1.807) is 0 Å². The summed E-state index contributed by atoms with van der Waals surface area (Å²) in [5.74, 6) is 0.208. The molecule has 86 valence electrons. The van der Waals surface area contributed by atoms with E-state index in [1.807, 2.05) is 35.2 Å². The normalized spacial score (nSPS) is 20.1. The molecule has 0 saturated carbocycles. The summed E-state index contributed by atoms with van der Waals surface area (Å²) in [5, 5.41) is 0. The number of hydrogen-bond donors (Lipinski definition) is 1. The molecule has 1 aromatic rings. The molecule has 0 aliphatic carbocycles. The lowest BCUT2D eigenvalue weighted by Crippen LogP contribution is -2.40. The lowest BCUT2D eigenvalue weighted by atomic mass is 10.1. The van der Waals surface area contributed by atoms with Crippen LogP contribution in [0, 0.1) is 0 Å². The predicted octanol–water partition coefficient (Wildman–Crippen LogP) is 1.18. The van der Waals surface area contributed by atoms with Crippen LogP contribution in [-0.4, -0.2) is 29.9 Å². The van der Waals surface area contributed by atoms with Gasteiger partial charge in [0.15, 0.2) is 0 Å². The maximum Gasteiger partial charge on any atom is 0.227 e. The van der Waals surface area contributed by atoms with Gasteiger partial charge in [0.05, 0.1) is 6.42 Å². The molecule has 1 amide bonds. The van der Waals surface area contributed by atoms with E-state index < -0.39 is 0 Å². The van der Waals surface area contributed by atoms with Gasteiger partial charge in [0.2, 0.25) is 5.91 Å². The van der Waals surface area contributed by atoms with Crippen molar-refractivity contribution >= 4 is 5.91 Å². The first kappa shape index (κ1) is 11.1. The van der Waals surface area contributed by atoms with Crippen molar-refractivity contribution in [1.82, 2.24) is 4.90 Å². The summed E-state index contributed by atoms with van der Waals surface area (Å²) in [4.78, 5) is 14.0. The average molecular weight is 218 g/mol. The second kappa shape index (κ2) is 5.12. The molecule has 1 aromatic carbocycles. The van der Waals surface area contributed by atoms with Crippen molar-refractivity contribution in [3.8, 4) is 0 Å². The third kappa shape index (κ3) is 2.42. The van der Waals surface area contributed by atoms with Gasteiger partial charge in [0, 0.05) is 19.1 Å². The molecule has 1 aliphatic heterocycles. The van der Waals surface area contributed by atoms with Crippen molar-refractivity contribution in [3.05, 3.63) is 35.9 Å². The number of likely N-dealkylation sites (tertiary alicyclic amines) is 1. The molecule has 0 spiro atoms. The van der Waals surface area contributed by atoms with Crippen molar-refractivity contribution in [2.45, 2.75) is 25.3 Å². The Bertz CT molecular complexity index is 350. The Labute approximate surface area is 96.2 Å². The molecule has 16 heavy (non-hydrogen) atoms. The first-order chi connectivity index (χ1) is 7.81. The summed E-state index contributed by atoms with van der Waals surface area (Å²) in [6.07, 6.45) is 2.64. The third-order valence-electron chi connectivity index (χ3n) is 3.17. The smallest absolute Gasteiger partial charge is 0.227 e. The predicted molar refractivity (Wildman–Crippen MR) is 63.9 cm³/mol. The highest BCUT2D eigenvalue weighted by Crippen LogP contribution is 2.17. The highest BCUT2D eigenvalue weighted by atomic mass is 16.2. The highest BCUT2D eigenvalue weighted by molar-refractivity contribution is 5.79. The van der Waals surface area contributed by atoms with Crippen LogP contribution in [0.1, 0.15) is 18.4 Å². The lowest BCUT2D eigenvalue weighted by Gasteiger charge is -2.23. The van der Waals surface area contributed by atoms with Crippen molar-refractivity contribution in [3.63, 3.8) is 0 Å². The lowest BCUT2D eigenvalue weighted by molar-refractivity contribution is -0.131. The first-order valence-electron chi connectivity index (χ1n) is 5.84. The third-order valence-corrected chi connectivity index (χ3v) is 3.17. The van der Waals surface area contributed by atoms with E-state index in [4.69, 9.17) is 5.73 Å². The van der Waals surface area contributed by atoms with Crippen LogP contribution in [0.3, 0.4) is 0 Å². The molecule has 1 fully saturated rings. The number of nitrogens with two attached hydrogens (primary N) is 1. The highest BCUT2D eigenvalue weighted by Gasteiger charge is 2.27. The van der Waals surface area contributed by atoms with E-state index in [2.05, 4.69) is 0 Å². The molecule has 2 rings (SSSR count). The molecule has 0 unspecified atom stereocenters.